The van der Waals surface area contributed by atoms with E-state index >= 15 is 0 Å². The van der Waals surface area contributed by atoms with Crippen molar-refractivity contribution in [2.75, 3.05) is 49.1 Å². The number of benzene rings is 3. The maximum absolute atomic E-state index is 14.4. The minimum atomic E-state index is -1.26. The normalized spacial score (nSPS) is 19.5. The number of hydroxylamine groups is 4. The molecule has 314 valence electrons. The molecule has 60 heavy (non-hydrogen) atoms. The van der Waals surface area contributed by atoms with Gasteiger partial charge in [-0.05, 0) is 112 Å². The third kappa shape index (κ3) is 6.32. The van der Waals surface area contributed by atoms with E-state index in [2.05, 4.69) is 27.2 Å². The Morgan fingerprint density at radius 1 is 0.800 bits per heavy atom. The summed E-state index contributed by atoms with van der Waals surface area (Å²) >= 11 is 0. The highest BCUT2D eigenvalue weighted by Gasteiger charge is 2.56. The number of unbranched alkanes of at least 4 members (excludes halogenated alkanes) is 1. The van der Waals surface area contributed by atoms with Gasteiger partial charge in [-0.2, -0.15) is 5.06 Å². The molecule has 1 spiro atoms. The summed E-state index contributed by atoms with van der Waals surface area (Å²) in [6, 6.07) is 9.29. The van der Waals surface area contributed by atoms with Crippen molar-refractivity contribution in [1.29, 1.82) is 0 Å². The predicted molar refractivity (Wildman–Crippen MR) is 218 cm³/mol. The summed E-state index contributed by atoms with van der Waals surface area (Å²) in [4.78, 5) is 74.9. The van der Waals surface area contributed by atoms with Crippen LogP contribution in [0, 0.1) is 0 Å². The number of hydrogen-bond donors (Lipinski definition) is 2. The molecule has 0 bridgehead atoms. The van der Waals surface area contributed by atoms with Gasteiger partial charge in [0.05, 0.1) is 12.2 Å². The van der Waals surface area contributed by atoms with Crippen molar-refractivity contribution in [2.24, 2.45) is 0 Å². The van der Waals surface area contributed by atoms with Crippen molar-refractivity contribution in [3.63, 3.8) is 0 Å². The third-order valence-electron chi connectivity index (χ3n) is 13.6. The van der Waals surface area contributed by atoms with Crippen molar-refractivity contribution >= 4 is 41.0 Å². The van der Waals surface area contributed by atoms with Crippen molar-refractivity contribution in [3.8, 4) is 11.5 Å². The zero-order valence-corrected chi connectivity index (χ0v) is 34.1. The maximum atomic E-state index is 14.4. The fraction of sp³-hybridized carbons (Fsp3) is 0.500. The second kappa shape index (κ2) is 15.2. The topological polar surface area (TPSA) is 158 Å². The van der Waals surface area contributed by atoms with Crippen molar-refractivity contribution < 1.29 is 43.5 Å². The van der Waals surface area contributed by atoms with Gasteiger partial charge in [0.25, 0.3) is 17.7 Å². The van der Waals surface area contributed by atoms with Gasteiger partial charge in [0, 0.05) is 103 Å². The molecule has 2 N–H and O–H groups in total. The molecule has 0 aliphatic carbocycles. The Labute approximate surface area is 348 Å². The number of carbonyl (C=O) groups is 5. The summed E-state index contributed by atoms with van der Waals surface area (Å²) in [6.45, 7) is 5.50. The van der Waals surface area contributed by atoms with Gasteiger partial charge < -0.3 is 24.6 Å². The van der Waals surface area contributed by atoms with E-state index in [4.69, 9.17) is 14.3 Å². The van der Waals surface area contributed by atoms with Gasteiger partial charge >= 0.3 is 5.97 Å². The minimum absolute atomic E-state index is 0.00875. The zero-order valence-electron chi connectivity index (χ0n) is 34.1. The lowest BCUT2D eigenvalue weighted by atomic mass is 9.72. The molecule has 3 aromatic carbocycles. The molecule has 4 amide bonds. The number of esters is 1. The number of amides is 4. The van der Waals surface area contributed by atoms with Crippen LogP contribution in [0.4, 0.5) is 11.4 Å². The first-order valence-electron chi connectivity index (χ1n) is 21.8. The molecule has 0 aromatic heterocycles. The number of ether oxygens (including phenoxy) is 2. The van der Waals surface area contributed by atoms with E-state index in [1.54, 1.807) is 12.1 Å². The summed E-state index contributed by atoms with van der Waals surface area (Å²) in [5, 5.41) is 14.4. The van der Waals surface area contributed by atoms with E-state index < -0.39 is 41.2 Å². The van der Waals surface area contributed by atoms with Gasteiger partial charge in [0.2, 0.25) is 5.91 Å². The number of nitrogens with one attached hydrogen (secondary N) is 1. The largest absolute Gasteiger partial charge is 0.456 e. The van der Waals surface area contributed by atoms with Crippen LogP contribution in [0.15, 0.2) is 30.3 Å². The Hall–Kier alpha value is -5.47. The van der Waals surface area contributed by atoms with Gasteiger partial charge in [0.1, 0.15) is 11.5 Å². The van der Waals surface area contributed by atoms with Crippen molar-refractivity contribution in [3.05, 3.63) is 80.4 Å². The molecule has 3 aromatic rings. The van der Waals surface area contributed by atoms with Crippen LogP contribution in [0.2, 0.25) is 0 Å². The Morgan fingerprint density at radius 2 is 1.40 bits per heavy atom. The fourth-order valence-electron chi connectivity index (χ4n) is 10.8. The first-order valence-corrected chi connectivity index (χ1v) is 21.8. The lowest BCUT2D eigenvalue weighted by Gasteiger charge is -2.45. The van der Waals surface area contributed by atoms with Gasteiger partial charge in [-0.3, -0.25) is 29.2 Å². The molecule has 0 radical (unpaired) electrons. The summed E-state index contributed by atoms with van der Waals surface area (Å²) < 4.78 is 14.0. The highest BCUT2D eigenvalue weighted by molar-refractivity contribution is 6.02. The van der Waals surface area contributed by atoms with E-state index in [9.17, 15) is 29.2 Å². The maximum Gasteiger partial charge on any atom is 0.340 e. The molecule has 14 nitrogen and oxygen atoms in total. The highest BCUT2D eigenvalue weighted by Crippen LogP contribution is 2.62. The van der Waals surface area contributed by atoms with Crippen molar-refractivity contribution in [2.45, 2.75) is 108 Å². The number of rotatable bonds is 11. The van der Waals surface area contributed by atoms with E-state index in [1.807, 2.05) is 6.07 Å². The van der Waals surface area contributed by atoms with Gasteiger partial charge in [-0.25, -0.2) is 9.86 Å². The fourth-order valence-corrected chi connectivity index (χ4v) is 10.8. The number of anilines is 2. The van der Waals surface area contributed by atoms with E-state index in [-0.39, 0.29) is 38.0 Å². The first-order chi connectivity index (χ1) is 29.1. The average molecular weight is 818 g/mol. The predicted octanol–water partition coefficient (Wildman–Crippen LogP) is 5.63. The number of carbonyl (C=O) groups excluding carboxylic acids is 5. The van der Waals surface area contributed by atoms with Gasteiger partial charge in [0.15, 0.2) is 5.60 Å². The van der Waals surface area contributed by atoms with Crippen LogP contribution < -0.4 is 19.9 Å². The van der Waals surface area contributed by atoms with Crippen molar-refractivity contribution in [1.82, 2.24) is 15.4 Å². The second-order valence-electron chi connectivity index (χ2n) is 17.3. The quantitative estimate of drug-likeness (QED) is 0.0813. The molecule has 1 fully saturated rings. The summed E-state index contributed by atoms with van der Waals surface area (Å²) in [5.74, 6) is -0.547. The molecule has 7 aliphatic heterocycles. The molecule has 0 saturated carbocycles. The second-order valence-corrected chi connectivity index (χ2v) is 17.3. The average Bonchev–Trinajstić information content (AvgIpc) is 3.73. The van der Waals surface area contributed by atoms with E-state index in [0.717, 1.165) is 105 Å². The standard InChI is InChI=1S/C46H51N5O9/c1-27(52)50(57)22-3-2-10-31(17-23-58-51-38(53)15-16-39(51)54)47-44(55)30-13-14-35-34(24-30)45(56)60-46(35)36-25-28-8-4-18-48-20-6-11-32(40(28)48)42(36)59-43-33-12-7-21-49-19-5-9-29(41(33)49)26-37(43)46/h13-14,24-26,31,57H,2-12,15-23H2,1H3,(H,47,55)/t31-/m0/s1. The van der Waals surface area contributed by atoms with Crippen LogP contribution in [0.5, 0.6) is 11.5 Å². The van der Waals surface area contributed by atoms with Crippen LogP contribution in [0.3, 0.4) is 0 Å². The lowest BCUT2D eigenvalue weighted by molar-refractivity contribution is -0.188. The number of imide groups is 1. The monoisotopic (exact) mass is 817 g/mol. The molecule has 0 unspecified atom stereocenters. The lowest BCUT2D eigenvalue weighted by Crippen LogP contribution is -2.40. The Balaban J connectivity index is 1.01. The van der Waals surface area contributed by atoms with Gasteiger partial charge in [-0.15, -0.1) is 0 Å². The molecule has 1 atom stereocenters. The van der Waals surface area contributed by atoms with E-state index in [0.29, 0.717) is 35.5 Å². The summed E-state index contributed by atoms with van der Waals surface area (Å²) in [6.07, 6.45) is 9.78. The first kappa shape index (κ1) is 38.7. The number of hydrogen-bond acceptors (Lipinski definition) is 11. The molecule has 1 saturated heterocycles. The Bertz CT molecular complexity index is 2240. The Morgan fingerprint density at radius 3 is 2.00 bits per heavy atom. The molecular weight excluding hydrogens is 767 g/mol. The molecule has 14 heteroatoms. The van der Waals surface area contributed by atoms with Crippen LogP contribution >= 0.6 is 0 Å². The SMILES string of the molecule is CC(=O)N(O)CCCC[C@@H](CCON1C(=O)CCC1=O)NC(=O)c1ccc2c(c1)C(=O)OC21c2cc3c4c(c2Oc2c1cc1c5c2CCCN5CCC1)CCCN4CCC3. The van der Waals surface area contributed by atoms with Crippen LogP contribution in [0.25, 0.3) is 0 Å². The number of fused-ring (bicyclic) bond motifs is 8. The van der Waals surface area contributed by atoms with Gasteiger partial charge in [-0.1, -0.05) is 6.07 Å². The van der Waals surface area contributed by atoms with Crippen LogP contribution in [-0.2, 0) is 55.2 Å². The summed E-state index contributed by atoms with van der Waals surface area (Å²) in [7, 11) is 0. The Kier molecular flexibility index (Phi) is 9.82. The molecule has 7 aliphatic rings. The highest BCUT2D eigenvalue weighted by atomic mass is 16.7. The molecular formula is C46H51N5O9. The number of nitrogens with zero attached hydrogens (tertiary/aromatic N) is 4. The zero-order chi connectivity index (χ0) is 41.3. The van der Waals surface area contributed by atoms with Crippen LogP contribution in [0.1, 0.15) is 131 Å². The smallest absolute Gasteiger partial charge is 0.340 e. The van der Waals surface area contributed by atoms with Crippen LogP contribution in [-0.4, -0.2) is 90.3 Å². The number of aryl methyl sites for hydroxylation is 2. The minimum Gasteiger partial charge on any atom is -0.456 e. The van der Waals surface area contributed by atoms with E-state index in [1.165, 1.54) is 40.6 Å². The summed E-state index contributed by atoms with van der Waals surface area (Å²) in [5.41, 5.74) is 9.23. The third-order valence-corrected chi connectivity index (χ3v) is 13.6. The molecule has 10 rings (SSSR count). The molecule has 7 heterocycles.